The van der Waals surface area contributed by atoms with E-state index in [4.69, 9.17) is 0 Å². The highest BCUT2D eigenvalue weighted by Crippen LogP contribution is 2.29. The van der Waals surface area contributed by atoms with Gasteiger partial charge in [0.1, 0.15) is 0 Å². The van der Waals surface area contributed by atoms with E-state index >= 15 is 0 Å². The summed E-state index contributed by atoms with van der Waals surface area (Å²) in [5.41, 5.74) is 0. The molecule has 0 aliphatic carbocycles. The van der Waals surface area contributed by atoms with E-state index in [0.29, 0.717) is 12.8 Å². The molecule has 0 unspecified atom stereocenters. The van der Waals surface area contributed by atoms with Crippen LogP contribution in [-0.2, 0) is 10.0 Å². The Kier molecular flexibility index (Phi) is 7.45. The Bertz CT molecular complexity index is 654. The van der Waals surface area contributed by atoms with E-state index < -0.39 is 38.2 Å². The summed E-state index contributed by atoms with van der Waals surface area (Å²) in [6, 6.07) is -0.00760. The van der Waals surface area contributed by atoms with Crippen LogP contribution in [0.15, 0.2) is 11.0 Å². The van der Waals surface area contributed by atoms with Gasteiger partial charge in [0.15, 0.2) is 28.2 Å². The third kappa shape index (κ3) is 4.19. The van der Waals surface area contributed by atoms with Gasteiger partial charge in [-0.25, -0.2) is 26.0 Å². The van der Waals surface area contributed by atoms with Crippen molar-refractivity contribution in [3.05, 3.63) is 29.3 Å². The van der Waals surface area contributed by atoms with Crippen LogP contribution in [0.1, 0.15) is 19.8 Å². The first-order valence-corrected chi connectivity index (χ1v) is 8.76. The van der Waals surface area contributed by atoms with Gasteiger partial charge >= 0.3 is 0 Å². The van der Waals surface area contributed by atoms with Crippen LogP contribution in [0.2, 0.25) is 0 Å². The predicted octanol–water partition coefficient (Wildman–Crippen LogP) is 2.68. The van der Waals surface area contributed by atoms with Gasteiger partial charge in [0.05, 0.1) is 0 Å². The smallest absolute Gasteiger partial charge is 0.249 e. The first-order chi connectivity index (χ1) is 10.8. The Morgan fingerprint density at radius 2 is 1.62 bits per heavy atom. The van der Waals surface area contributed by atoms with Crippen LogP contribution in [0, 0.1) is 29.2 Å². The van der Waals surface area contributed by atoms with Crippen LogP contribution in [0.3, 0.4) is 0 Å². The number of rotatable bonds is 5. The maximum Gasteiger partial charge on any atom is 0.249 e. The summed E-state index contributed by atoms with van der Waals surface area (Å²) in [6.07, 6.45) is 1.01. The van der Waals surface area contributed by atoms with E-state index in [2.05, 4.69) is 5.32 Å². The summed E-state index contributed by atoms with van der Waals surface area (Å²) in [6.45, 7) is 3.56. The van der Waals surface area contributed by atoms with E-state index in [-0.39, 0.29) is 37.5 Å². The van der Waals surface area contributed by atoms with Crippen molar-refractivity contribution in [3.63, 3.8) is 0 Å². The van der Waals surface area contributed by atoms with E-state index in [0.717, 1.165) is 17.4 Å². The topological polar surface area (TPSA) is 49.4 Å². The number of sulfonamides is 1. The maximum absolute atomic E-state index is 13.7. The highest BCUT2D eigenvalue weighted by atomic mass is 35.5. The lowest BCUT2D eigenvalue weighted by Crippen LogP contribution is -2.41. The average Bonchev–Trinajstić information content (AvgIpc) is 2.51. The number of halogens is 5. The molecule has 1 saturated heterocycles. The first-order valence-electron chi connectivity index (χ1n) is 7.32. The third-order valence-corrected chi connectivity index (χ3v) is 5.85. The van der Waals surface area contributed by atoms with Crippen molar-refractivity contribution in [2.45, 2.75) is 24.7 Å². The molecule has 0 bridgehead atoms. The second-order valence-electron chi connectivity index (χ2n) is 5.45. The molecule has 0 atom stereocenters. The Morgan fingerprint density at radius 1 is 1.12 bits per heavy atom. The van der Waals surface area contributed by atoms with Crippen LogP contribution in [0.5, 0.6) is 0 Å². The fourth-order valence-electron chi connectivity index (χ4n) is 2.61. The molecule has 1 aromatic rings. The predicted molar refractivity (Wildman–Crippen MR) is 83.5 cm³/mol. The molecule has 1 aliphatic rings. The number of hydrogen-bond acceptors (Lipinski definition) is 3. The molecule has 1 heterocycles. The van der Waals surface area contributed by atoms with Gasteiger partial charge in [-0.05, 0) is 31.8 Å². The molecular formula is C14H19ClF4N2O2S. The van der Waals surface area contributed by atoms with Crippen molar-refractivity contribution >= 4 is 22.4 Å². The highest BCUT2D eigenvalue weighted by Gasteiger charge is 2.36. The molecule has 1 N–H and O–H groups in total. The summed E-state index contributed by atoms with van der Waals surface area (Å²) in [4.78, 5) is -1.56. The van der Waals surface area contributed by atoms with Crippen LogP contribution < -0.4 is 5.32 Å². The standard InChI is InChI=1S/C14H18F4N2O2S.ClH/c1-2-19-8-9-3-5-20(6-4-9)23(21,22)14-12(17)10(15)7-11(16)13(14)18;/h7,9,19H,2-6,8H2,1H3;1H. The lowest BCUT2D eigenvalue weighted by Gasteiger charge is -2.31. The van der Waals surface area contributed by atoms with Gasteiger partial charge < -0.3 is 5.32 Å². The number of piperidine rings is 1. The largest absolute Gasteiger partial charge is 0.317 e. The SMILES string of the molecule is CCNCC1CCN(S(=O)(=O)c2c(F)c(F)cc(F)c2F)CC1.Cl. The fourth-order valence-corrected chi connectivity index (χ4v) is 4.21. The molecule has 0 radical (unpaired) electrons. The van der Waals surface area contributed by atoms with Crippen molar-refractivity contribution in [1.82, 2.24) is 9.62 Å². The maximum atomic E-state index is 13.7. The minimum absolute atomic E-state index is 0. The Hall–Kier alpha value is -0.900. The molecule has 1 fully saturated rings. The number of benzene rings is 1. The molecule has 0 aromatic heterocycles. The first kappa shape index (κ1) is 21.1. The van der Waals surface area contributed by atoms with E-state index in [1.54, 1.807) is 0 Å². The molecule has 10 heteroatoms. The van der Waals surface area contributed by atoms with Crippen LogP contribution in [0.25, 0.3) is 0 Å². The third-order valence-electron chi connectivity index (χ3n) is 3.93. The Morgan fingerprint density at radius 3 is 2.08 bits per heavy atom. The van der Waals surface area contributed by atoms with Crippen LogP contribution >= 0.6 is 12.4 Å². The number of nitrogens with one attached hydrogen (secondary N) is 1. The highest BCUT2D eigenvalue weighted by molar-refractivity contribution is 7.89. The number of hydrogen-bond donors (Lipinski definition) is 1. The molecule has 138 valence electrons. The zero-order valence-corrected chi connectivity index (χ0v) is 14.6. The van der Waals surface area contributed by atoms with Crippen LogP contribution in [0.4, 0.5) is 17.6 Å². The summed E-state index contributed by atoms with van der Waals surface area (Å²) in [5.74, 6) is -6.99. The quantitative estimate of drug-likeness (QED) is 0.621. The summed E-state index contributed by atoms with van der Waals surface area (Å²) in [5, 5.41) is 3.15. The lowest BCUT2D eigenvalue weighted by atomic mass is 9.98. The van der Waals surface area contributed by atoms with Gasteiger partial charge in [0.25, 0.3) is 0 Å². The van der Waals surface area contributed by atoms with Crippen molar-refractivity contribution < 1.29 is 26.0 Å². The molecule has 2 rings (SSSR count). The second kappa shape index (κ2) is 8.46. The van der Waals surface area contributed by atoms with E-state index in [1.165, 1.54) is 0 Å². The van der Waals surface area contributed by atoms with Gasteiger partial charge in [-0.2, -0.15) is 4.31 Å². The molecular weight excluding hydrogens is 372 g/mol. The van der Waals surface area contributed by atoms with Crippen molar-refractivity contribution in [2.75, 3.05) is 26.2 Å². The number of nitrogens with zero attached hydrogens (tertiary/aromatic N) is 1. The Labute approximate surface area is 144 Å². The van der Waals surface area contributed by atoms with Crippen molar-refractivity contribution in [1.29, 1.82) is 0 Å². The fraction of sp³-hybridized carbons (Fsp3) is 0.571. The van der Waals surface area contributed by atoms with Gasteiger partial charge in [-0.15, -0.1) is 12.4 Å². The van der Waals surface area contributed by atoms with Crippen molar-refractivity contribution in [2.24, 2.45) is 5.92 Å². The molecule has 0 amide bonds. The monoisotopic (exact) mass is 390 g/mol. The summed E-state index contributed by atoms with van der Waals surface area (Å²) >= 11 is 0. The van der Waals surface area contributed by atoms with E-state index in [9.17, 15) is 26.0 Å². The van der Waals surface area contributed by atoms with Gasteiger partial charge in [-0.3, -0.25) is 0 Å². The zero-order valence-electron chi connectivity index (χ0n) is 13.0. The van der Waals surface area contributed by atoms with Crippen molar-refractivity contribution in [3.8, 4) is 0 Å². The zero-order chi connectivity index (χ0) is 17.2. The average molecular weight is 391 g/mol. The minimum atomic E-state index is -4.63. The molecule has 0 spiro atoms. The molecule has 1 aliphatic heterocycles. The molecule has 0 saturated carbocycles. The van der Waals surface area contributed by atoms with Crippen LogP contribution in [-0.4, -0.2) is 38.9 Å². The van der Waals surface area contributed by atoms with Gasteiger partial charge in [0.2, 0.25) is 10.0 Å². The second-order valence-corrected chi connectivity index (χ2v) is 7.33. The van der Waals surface area contributed by atoms with Gasteiger partial charge in [0, 0.05) is 19.2 Å². The molecule has 24 heavy (non-hydrogen) atoms. The molecule has 1 aromatic carbocycles. The normalized spacial score (nSPS) is 16.9. The van der Waals surface area contributed by atoms with Gasteiger partial charge in [-0.1, -0.05) is 6.92 Å². The Balaban J connectivity index is 0.00000288. The van der Waals surface area contributed by atoms with E-state index in [1.807, 2.05) is 6.92 Å². The molecule has 4 nitrogen and oxygen atoms in total. The minimum Gasteiger partial charge on any atom is -0.317 e. The summed E-state index contributed by atoms with van der Waals surface area (Å²) in [7, 11) is -4.63. The lowest BCUT2D eigenvalue weighted by molar-refractivity contribution is 0.266. The summed E-state index contributed by atoms with van der Waals surface area (Å²) < 4.78 is 79.5.